The number of fused-ring (bicyclic) bond motifs is 7. The van der Waals surface area contributed by atoms with Gasteiger partial charge in [0.05, 0.1) is 14.5 Å². The van der Waals surface area contributed by atoms with Crippen LogP contribution in [-0.4, -0.2) is 54.8 Å². The van der Waals surface area contributed by atoms with Crippen LogP contribution in [0, 0.1) is 45.3 Å². The van der Waals surface area contributed by atoms with E-state index in [9.17, 15) is 30.6 Å². The molecule has 2 amide bonds. The molecule has 2 fully saturated rings. The Balaban J connectivity index is 1.25. The van der Waals surface area contributed by atoms with E-state index in [0.717, 1.165) is 53.1 Å². The summed E-state index contributed by atoms with van der Waals surface area (Å²) in [4.78, 5) is 50.6. The van der Waals surface area contributed by atoms with Gasteiger partial charge in [-0.25, -0.2) is 20.0 Å². The van der Waals surface area contributed by atoms with Crippen molar-refractivity contribution in [1.29, 1.82) is 21.0 Å². The molecule has 0 atom stereocenters. The van der Waals surface area contributed by atoms with Gasteiger partial charge < -0.3 is 4.74 Å². The zero-order valence-corrected chi connectivity index (χ0v) is 30.0. The van der Waals surface area contributed by atoms with E-state index in [0.29, 0.717) is 33.9 Å². The van der Waals surface area contributed by atoms with Gasteiger partial charge in [-0.2, -0.15) is 21.0 Å². The van der Waals surface area contributed by atoms with Crippen LogP contribution < -0.4 is 4.74 Å². The van der Waals surface area contributed by atoms with Crippen molar-refractivity contribution in [3.05, 3.63) is 26.8 Å². The molecule has 7 heterocycles. The van der Waals surface area contributed by atoms with Crippen LogP contribution in [0.25, 0.3) is 28.8 Å². The maximum absolute atomic E-state index is 13.0. The van der Waals surface area contributed by atoms with Crippen LogP contribution in [0.4, 0.5) is 10.3 Å². The van der Waals surface area contributed by atoms with Crippen molar-refractivity contribution in [2.75, 3.05) is 13.1 Å². The van der Waals surface area contributed by atoms with E-state index in [1.807, 2.05) is 38.1 Å². The summed E-state index contributed by atoms with van der Waals surface area (Å²) in [6, 6.07) is 7.39. The maximum atomic E-state index is 13.0. The van der Waals surface area contributed by atoms with Gasteiger partial charge in [-0.05, 0) is 51.2 Å². The summed E-state index contributed by atoms with van der Waals surface area (Å²) in [6.45, 7) is 8.05. The lowest BCUT2D eigenvalue weighted by Gasteiger charge is -2.31. The van der Waals surface area contributed by atoms with Gasteiger partial charge in [0.1, 0.15) is 54.3 Å². The van der Waals surface area contributed by atoms with Crippen LogP contribution in [0.1, 0.15) is 33.3 Å². The SMILES string of the molecule is CCN1C(=O)C(=Nc2nc3sc4c(c3s2)OC(C)(C)c2c-4sc3nc(N=C4SC(=C(C#N)C#N)N(CC)C4=O)sc23)SC1=C(C#N)C#N. The van der Waals surface area contributed by atoms with Crippen molar-refractivity contribution in [3.63, 3.8) is 0 Å². The molecule has 0 unspecified atom stereocenters. The van der Waals surface area contributed by atoms with Gasteiger partial charge in [-0.15, -0.1) is 22.7 Å². The fourth-order valence-electron chi connectivity index (χ4n) is 5.18. The van der Waals surface area contributed by atoms with E-state index in [4.69, 9.17) is 14.7 Å². The highest BCUT2D eigenvalue weighted by atomic mass is 32.2. The highest BCUT2D eigenvalue weighted by Crippen LogP contribution is 2.60. The van der Waals surface area contributed by atoms with E-state index in [1.165, 1.54) is 55.1 Å². The molecular formula is C29H16N10O3S6. The van der Waals surface area contributed by atoms with Crippen molar-refractivity contribution < 1.29 is 14.3 Å². The van der Waals surface area contributed by atoms with Crippen molar-refractivity contribution in [2.24, 2.45) is 9.98 Å². The molecule has 19 heteroatoms. The summed E-state index contributed by atoms with van der Waals surface area (Å²) in [5, 5.41) is 39.0. The number of aromatic nitrogens is 2. The monoisotopic (exact) mass is 744 g/mol. The standard InChI is InChI=1S/C29H16N10O3S6/c1-5-38-23(40)21(47-25(38)11(7-30)8-31)36-27-34-19-16(45-27)13-15(43-19)17-14(42-29(13,3)4)18-20(44-17)35-28(46-18)37-22-24(41)39(6-2)26(48-22)12(9-32)10-33/h5-6H2,1-4H3. The van der Waals surface area contributed by atoms with Crippen LogP contribution in [-0.2, 0) is 15.2 Å². The number of thioether (sulfide) groups is 2. The molecule has 7 rings (SSSR count). The van der Waals surface area contributed by atoms with E-state index in [-0.39, 0.29) is 43.1 Å². The summed E-state index contributed by atoms with van der Waals surface area (Å²) in [7, 11) is 0. The van der Waals surface area contributed by atoms with Gasteiger partial charge in [-0.3, -0.25) is 19.4 Å². The molecule has 4 aromatic rings. The molecule has 4 aromatic heterocycles. The Hall–Kier alpha value is -4.60. The molecule has 0 aromatic carbocycles. The third-order valence-corrected chi connectivity index (χ3v) is 13.9. The quantitative estimate of drug-likeness (QED) is 0.193. The number of ether oxygens (including phenoxy) is 1. The molecule has 0 N–H and O–H groups in total. The number of carbonyl (C=O) groups excluding carboxylic acids is 2. The summed E-state index contributed by atoms with van der Waals surface area (Å²) >= 11 is 7.59. The Bertz CT molecular complexity index is 2410. The number of thiophene rings is 2. The van der Waals surface area contributed by atoms with Gasteiger partial charge in [0, 0.05) is 18.7 Å². The Labute approximate surface area is 296 Å². The topological polar surface area (TPSA) is 196 Å². The summed E-state index contributed by atoms with van der Waals surface area (Å²) in [6.07, 6.45) is 0. The number of nitriles is 4. The number of allylic oxidation sites excluding steroid dienone is 2. The van der Waals surface area contributed by atoms with E-state index in [2.05, 4.69) is 9.98 Å². The average molecular weight is 745 g/mol. The summed E-state index contributed by atoms with van der Waals surface area (Å²) in [5.41, 5.74) is -0.0780. The van der Waals surface area contributed by atoms with Crippen molar-refractivity contribution in [1.82, 2.24) is 19.8 Å². The molecule has 2 saturated heterocycles. The first-order valence-corrected chi connectivity index (χ1v) is 18.8. The van der Waals surface area contributed by atoms with E-state index < -0.39 is 5.60 Å². The molecule has 3 aliphatic rings. The van der Waals surface area contributed by atoms with Gasteiger partial charge >= 0.3 is 0 Å². The van der Waals surface area contributed by atoms with Gasteiger partial charge in [-0.1, -0.05) is 22.7 Å². The molecular weight excluding hydrogens is 729 g/mol. The minimum absolute atomic E-state index is 0.139. The first-order chi connectivity index (χ1) is 23.1. The third-order valence-electron chi connectivity index (χ3n) is 7.23. The van der Waals surface area contributed by atoms with Crippen molar-refractivity contribution in [2.45, 2.75) is 33.3 Å². The van der Waals surface area contributed by atoms with Crippen LogP contribution in [0.15, 0.2) is 31.2 Å². The molecule has 0 aliphatic carbocycles. The average Bonchev–Trinajstić information content (AvgIpc) is 3.88. The Morgan fingerprint density at radius 2 is 1.21 bits per heavy atom. The Morgan fingerprint density at radius 1 is 0.750 bits per heavy atom. The van der Waals surface area contributed by atoms with Gasteiger partial charge in [0.25, 0.3) is 11.8 Å². The second-order valence-corrected chi connectivity index (χ2v) is 16.3. The first kappa shape index (κ1) is 32.0. The number of thiazole rings is 2. The highest BCUT2D eigenvalue weighted by Gasteiger charge is 2.41. The lowest BCUT2D eigenvalue weighted by Crippen LogP contribution is -2.27. The molecule has 48 heavy (non-hydrogen) atoms. The molecule has 0 saturated carbocycles. The molecule has 236 valence electrons. The number of carbonyl (C=O) groups is 2. The smallest absolute Gasteiger partial charge is 0.284 e. The third kappa shape index (κ3) is 4.82. The second-order valence-electron chi connectivity index (χ2n) is 10.4. The summed E-state index contributed by atoms with van der Waals surface area (Å²) in [5.74, 6) is -0.0843. The zero-order chi connectivity index (χ0) is 34.1. The van der Waals surface area contributed by atoms with E-state index >= 15 is 0 Å². The predicted molar refractivity (Wildman–Crippen MR) is 188 cm³/mol. The minimum atomic E-state index is -0.757. The van der Waals surface area contributed by atoms with Gasteiger partial charge in [0.15, 0.2) is 27.0 Å². The molecule has 0 spiro atoms. The van der Waals surface area contributed by atoms with Crippen LogP contribution in [0.3, 0.4) is 0 Å². The number of nitrogens with zero attached hydrogens (tertiary/aromatic N) is 10. The Morgan fingerprint density at radius 3 is 1.69 bits per heavy atom. The fraction of sp³-hybridized carbons (Fsp3) is 0.241. The number of hydrogen-bond donors (Lipinski definition) is 0. The molecule has 0 radical (unpaired) electrons. The lowest BCUT2D eigenvalue weighted by molar-refractivity contribution is -0.121. The zero-order valence-electron chi connectivity index (χ0n) is 25.1. The minimum Gasteiger partial charge on any atom is -0.480 e. The number of amides is 2. The molecule has 0 bridgehead atoms. The summed E-state index contributed by atoms with van der Waals surface area (Å²) < 4.78 is 8.32. The van der Waals surface area contributed by atoms with Crippen LogP contribution >= 0.6 is 68.9 Å². The predicted octanol–water partition coefficient (Wildman–Crippen LogP) is 7.09. The normalized spacial score (nSPS) is 18.2. The van der Waals surface area contributed by atoms with Crippen molar-refractivity contribution in [3.8, 4) is 39.8 Å². The lowest BCUT2D eigenvalue weighted by atomic mass is 9.95. The van der Waals surface area contributed by atoms with Gasteiger partial charge in [0.2, 0.25) is 10.3 Å². The largest absolute Gasteiger partial charge is 0.480 e. The molecule has 3 aliphatic heterocycles. The van der Waals surface area contributed by atoms with Crippen molar-refractivity contribution >= 4 is 120 Å². The number of rotatable bonds is 4. The number of hydrogen-bond acceptors (Lipinski definition) is 17. The maximum Gasteiger partial charge on any atom is 0.284 e. The highest BCUT2D eigenvalue weighted by molar-refractivity contribution is 8.20. The first-order valence-electron chi connectivity index (χ1n) is 13.9. The Kier molecular flexibility index (Phi) is 7.88. The molecule has 13 nitrogen and oxygen atoms in total. The van der Waals surface area contributed by atoms with Crippen LogP contribution in [0.5, 0.6) is 5.75 Å². The second kappa shape index (κ2) is 11.8. The van der Waals surface area contributed by atoms with Crippen LogP contribution in [0.2, 0.25) is 0 Å². The fourth-order valence-corrected chi connectivity index (χ4v) is 12.3. The van der Waals surface area contributed by atoms with E-state index in [1.54, 1.807) is 13.8 Å². The number of aliphatic imine (C=N–C) groups is 2.